The second-order valence-electron chi connectivity index (χ2n) is 11.8. The summed E-state index contributed by atoms with van der Waals surface area (Å²) in [5, 5.41) is 6.33. The predicted molar refractivity (Wildman–Crippen MR) is 183 cm³/mol. The molecule has 3 heterocycles. The molecule has 0 amide bonds. The first-order valence-corrected chi connectivity index (χ1v) is 18.4. The van der Waals surface area contributed by atoms with Gasteiger partial charge in [0.1, 0.15) is 12.1 Å². The Balaban J connectivity index is 1.40. The molecule has 3 atom stereocenters. The van der Waals surface area contributed by atoms with Gasteiger partial charge in [0.05, 0.1) is 25.9 Å². The van der Waals surface area contributed by atoms with E-state index in [1.165, 1.54) is 6.33 Å². The third-order valence-corrected chi connectivity index (χ3v) is 10.7. The molecule has 14 heteroatoms. The Labute approximate surface area is 279 Å². The highest BCUT2D eigenvalue weighted by molar-refractivity contribution is 7.60. The zero-order valence-electron chi connectivity index (χ0n) is 27.4. The number of imidazole rings is 1. The highest BCUT2D eigenvalue weighted by atomic mass is 31.2. The number of rotatable bonds is 17. The summed E-state index contributed by atoms with van der Waals surface area (Å²) in [4.78, 5) is 52.2. The van der Waals surface area contributed by atoms with Crippen LogP contribution in [-0.4, -0.2) is 86.9 Å². The molecule has 0 bridgehead atoms. The molecule has 1 aliphatic heterocycles. The summed E-state index contributed by atoms with van der Waals surface area (Å²) in [6.07, 6.45) is 5.45. The Bertz CT molecular complexity index is 1680. The first kappa shape index (κ1) is 35.2. The van der Waals surface area contributed by atoms with Gasteiger partial charge >= 0.3 is 11.9 Å². The lowest BCUT2D eigenvalue weighted by molar-refractivity contribution is -0.145. The van der Waals surface area contributed by atoms with Crippen molar-refractivity contribution in [2.45, 2.75) is 64.2 Å². The van der Waals surface area contributed by atoms with Gasteiger partial charge in [0.2, 0.25) is 7.44 Å². The molecule has 0 spiro atoms. The van der Waals surface area contributed by atoms with Crippen molar-refractivity contribution in [3.8, 4) is 0 Å². The average Bonchev–Trinajstić information content (AvgIpc) is 3.72. The topological polar surface area (TPSA) is 161 Å². The Morgan fingerprint density at radius 1 is 0.938 bits per heavy atom. The molecule has 0 saturated carbocycles. The molecule has 0 aliphatic carbocycles. The van der Waals surface area contributed by atoms with Gasteiger partial charge in [-0.3, -0.25) is 23.8 Å². The van der Waals surface area contributed by atoms with Crippen LogP contribution in [0.3, 0.4) is 0 Å². The number of hydrogen-bond donors (Lipinski definition) is 3. The summed E-state index contributed by atoms with van der Waals surface area (Å²) >= 11 is 0. The minimum absolute atomic E-state index is 0.0762. The predicted octanol–water partition coefficient (Wildman–Crippen LogP) is 3.31. The number of esters is 2. The number of aromatic amines is 1. The first-order valence-electron chi connectivity index (χ1n) is 16.5. The third-order valence-electron chi connectivity index (χ3n) is 8.45. The Morgan fingerprint density at radius 2 is 1.52 bits per heavy atom. The van der Waals surface area contributed by atoms with Gasteiger partial charge in [0.25, 0.3) is 5.56 Å². The van der Waals surface area contributed by atoms with Crippen molar-refractivity contribution in [2.24, 2.45) is 0 Å². The quantitative estimate of drug-likeness (QED) is 0.111. The zero-order valence-corrected chi connectivity index (χ0v) is 28.3. The highest BCUT2D eigenvalue weighted by Crippen LogP contribution is 2.39. The monoisotopic (exact) mass is 677 g/mol. The van der Waals surface area contributed by atoms with Crippen LogP contribution in [0.1, 0.15) is 37.8 Å². The molecule has 5 rings (SSSR count). The summed E-state index contributed by atoms with van der Waals surface area (Å²) < 4.78 is 27.8. The van der Waals surface area contributed by atoms with Crippen molar-refractivity contribution in [3.05, 3.63) is 94.8 Å². The Hall–Kier alpha value is -4.16. The van der Waals surface area contributed by atoms with Gasteiger partial charge in [0, 0.05) is 25.3 Å². The molecular weight excluding hydrogens is 633 g/mol. The van der Waals surface area contributed by atoms with Crippen LogP contribution in [0.5, 0.6) is 0 Å². The molecule has 48 heavy (non-hydrogen) atoms. The lowest BCUT2D eigenvalue weighted by atomic mass is 10.1. The van der Waals surface area contributed by atoms with Gasteiger partial charge in [-0.1, -0.05) is 60.7 Å². The molecule has 1 aliphatic rings. The van der Waals surface area contributed by atoms with E-state index in [4.69, 9.17) is 9.47 Å². The van der Waals surface area contributed by atoms with E-state index in [0.29, 0.717) is 18.7 Å². The van der Waals surface area contributed by atoms with Crippen LogP contribution in [-0.2, 0) is 43.0 Å². The van der Waals surface area contributed by atoms with Crippen LogP contribution in [0.15, 0.2) is 78.1 Å². The number of carbonyl (C=O) groups is 2. The third kappa shape index (κ3) is 9.25. The first-order chi connectivity index (χ1) is 23.3. The Morgan fingerprint density at radius 3 is 2.08 bits per heavy atom. The van der Waals surface area contributed by atoms with Gasteiger partial charge in [-0.05, 0) is 57.2 Å². The fraction of sp³-hybridized carbons (Fsp3) is 0.441. The molecule has 256 valence electrons. The van der Waals surface area contributed by atoms with Crippen molar-refractivity contribution >= 4 is 30.5 Å². The summed E-state index contributed by atoms with van der Waals surface area (Å²) in [5.41, 5.74) is 2.25. The van der Waals surface area contributed by atoms with E-state index in [1.807, 2.05) is 65.2 Å². The number of benzene rings is 2. The van der Waals surface area contributed by atoms with Crippen LogP contribution < -0.4 is 15.7 Å². The second kappa shape index (κ2) is 16.8. The maximum atomic E-state index is 15.1. The van der Waals surface area contributed by atoms with Crippen molar-refractivity contribution < 1.29 is 23.6 Å². The number of hydrogen-bond acceptors (Lipinski definition) is 9. The van der Waals surface area contributed by atoms with Gasteiger partial charge < -0.3 is 19.0 Å². The van der Waals surface area contributed by atoms with E-state index in [1.54, 1.807) is 20.2 Å². The highest BCUT2D eigenvalue weighted by Gasteiger charge is 2.37. The molecular formula is C34H44N7O6P. The lowest BCUT2D eigenvalue weighted by Crippen LogP contribution is -2.47. The molecule has 0 unspecified atom stereocenters. The molecule has 4 aromatic rings. The molecule has 2 aromatic heterocycles. The standard InChI is InChI=1S/C34H44N7O6P/c1-3-46-33(43)28(20-25-12-7-5-8-13-25)38-48(45,39-29(34(44)47-4-2)21-26-14-9-6-10-15-26)19-18-40-17-11-16-27(40)22-41-24-37-30-31(41)35-23-36-32(30)42/h5-10,12-15,23-24,27-29H,3-4,11,16-22H2,1-2H3,(H,35,36,42)(H2,38,39,45)/t27-,28-,29-/m0/s1. The van der Waals surface area contributed by atoms with Crippen molar-refractivity contribution in [3.63, 3.8) is 0 Å². The normalized spacial score (nSPS) is 16.5. The van der Waals surface area contributed by atoms with Gasteiger partial charge in [-0.25, -0.2) is 20.1 Å². The zero-order chi connectivity index (χ0) is 33.9. The van der Waals surface area contributed by atoms with E-state index >= 15 is 4.57 Å². The van der Waals surface area contributed by atoms with Crippen LogP contribution in [0, 0.1) is 0 Å². The summed E-state index contributed by atoms with van der Waals surface area (Å²) in [6.45, 7) is 5.55. The molecule has 1 fully saturated rings. The van der Waals surface area contributed by atoms with E-state index in [0.717, 1.165) is 30.5 Å². The van der Waals surface area contributed by atoms with E-state index in [2.05, 4.69) is 30.0 Å². The van der Waals surface area contributed by atoms with Gasteiger partial charge in [0.15, 0.2) is 11.2 Å². The molecule has 0 radical (unpaired) electrons. The number of nitrogens with zero attached hydrogens (tertiary/aromatic N) is 4. The number of ether oxygens (including phenoxy) is 2. The summed E-state index contributed by atoms with van der Waals surface area (Å²) in [7, 11) is -3.68. The van der Waals surface area contributed by atoms with Crippen LogP contribution in [0.2, 0.25) is 0 Å². The largest absolute Gasteiger partial charge is 0.465 e. The maximum Gasteiger partial charge on any atom is 0.323 e. The van der Waals surface area contributed by atoms with Crippen LogP contribution >= 0.6 is 7.44 Å². The summed E-state index contributed by atoms with van der Waals surface area (Å²) in [5.74, 6) is -1.04. The SMILES string of the molecule is CCOC(=O)[C@H](Cc1ccccc1)NP(=O)(CCN1CCC[C@H]1Cn1cnc2c(=O)[nH]cnc21)N[C@@H](Cc1ccccc1)C(=O)OCC. The smallest absolute Gasteiger partial charge is 0.323 e. The fourth-order valence-corrected chi connectivity index (χ4v) is 8.41. The van der Waals surface area contributed by atoms with Crippen LogP contribution in [0.25, 0.3) is 11.2 Å². The fourth-order valence-electron chi connectivity index (χ4n) is 6.14. The number of H-pyrrole nitrogens is 1. The number of aromatic nitrogens is 4. The van der Waals surface area contributed by atoms with Gasteiger partial charge in [-0.15, -0.1) is 0 Å². The lowest BCUT2D eigenvalue weighted by Gasteiger charge is -2.32. The maximum absolute atomic E-state index is 15.1. The number of carbonyl (C=O) groups excluding carboxylic acids is 2. The average molecular weight is 678 g/mol. The molecule has 3 N–H and O–H groups in total. The number of nitrogens with one attached hydrogen (secondary N) is 3. The van der Waals surface area contributed by atoms with E-state index in [9.17, 15) is 14.4 Å². The molecule has 2 aromatic carbocycles. The van der Waals surface area contributed by atoms with Crippen LogP contribution in [0.4, 0.5) is 0 Å². The molecule has 13 nitrogen and oxygen atoms in total. The number of fused-ring (bicyclic) bond motifs is 1. The Kier molecular flexibility index (Phi) is 12.3. The molecule has 1 saturated heterocycles. The minimum atomic E-state index is -3.68. The van der Waals surface area contributed by atoms with Crippen molar-refractivity contribution in [1.29, 1.82) is 0 Å². The van der Waals surface area contributed by atoms with Crippen molar-refractivity contribution in [1.82, 2.24) is 34.6 Å². The second-order valence-corrected chi connectivity index (χ2v) is 14.3. The van der Waals surface area contributed by atoms with Gasteiger partial charge in [-0.2, -0.15) is 0 Å². The number of likely N-dealkylation sites (tertiary alicyclic amines) is 1. The van der Waals surface area contributed by atoms with Crippen molar-refractivity contribution in [2.75, 3.05) is 32.5 Å². The van der Waals surface area contributed by atoms with E-state index < -0.39 is 31.5 Å². The minimum Gasteiger partial charge on any atom is -0.465 e. The summed E-state index contributed by atoms with van der Waals surface area (Å²) in [6, 6.07) is 17.1. The van der Waals surface area contributed by atoms with E-state index in [-0.39, 0.29) is 49.3 Å².